The van der Waals surface area contributed by atoms with Gasteiger partial charge in [0.05, 0.1) is 16.3 Å². The van der Waals surface area contributed by atoms with Crippen molar-refractivity contribution in [2.75, 3.05) is 4.72 Å². The predicted molar refractivity (Wildman–Crippen MR) is 125 cm³/mol. The first kappa shape index (κ1) is 21.8. The maximum atomic E-state index is 12.5. The molecule has 3 N–H and O–H groups in total. The highest BCUT2D eigenvalue weighted by molar-refractivity contribution is 7.92. The number of para-hydroxylation sites is 2. The van der Waals surface area contributed by atoms with Gasteiger partial charge in [-0.2, -0.15) is 0 Å². The van der Waals surface area contributed by atoms with Crippen molar-refractivity contribution < 1.29 is 13.5 Å². The van der Waals surface area contributed by atoms with Crippen molar-refractivity contribution >= 4 is 27.6 Å². The van der Waals surface area contributed by atoms with Crippen molar-refractivity contribution in [3.63, 3.8) is 0 Å². The van der Waals surface area contributed by atoms with Gasteiger partial charge in [0, 0.05) is 11.9 Å². The van der Waals surface area contributed by atoms with Gasteiger partial charge in [0.15, 0.2) is 0 Å². The van der Waals surface area contributed by atoms with Gasteiger partial charge < -0.3 is 5.11 Å². The second-order valence-corrected chi connectivity index (χ2v) is 8.57. The minimum absolute atomic E-state index is 0.0311. The monoisotopic (exact) mass is 462 g/mol. The molecule has 0 spiro atoms. The summed E-state index contributed by atoms with van der Waals surface area (Å²) < 4.78 is 28.5. The van der Waals surface area contributed by atoms with Gasteiger partial charge in [0.2, 0.25) is 5.88 Å². The lowest BCUT2D eigenvalue weighted by molar-refractivity contribution is 0.430. The lowest BCUT2D eigenvalue weighted by Gasteiger charge is -2.09. The van der Waals surface area contributed by atoms with Crippen LogP contribution in [-0.2, 0) is 10.0 Å². The summed E-state index contributed by atoms with van der Waals surface area (Å²) in [5.74, 6) is -0.565. The number of hydrogen-bond donors (Lipinski definition) is 3. The van der Waals surface area contributed by atoms with Crippen LogP contribution in [0.2, 0.25) is 0 Å². The van der Waals surface area contributed by atoms with E-state index in [4.69, 9.17) is 0 Å². The van der Waals surface area contributed by atoms with Crippen LogP contribution in [0.3, 0.4) is 0 Å². The Labute approximate surface area is 188 Å². The Kier molecular flexibility index (Phi) is 5.92. The van der Waals surface area contributed by atoms with Crippen molar-refractivity contribution in [1.82, 2.24) is 9.55 Å². The quantitative estimate of drug-likeness (QED) is 0.379. The fourth-order valence-electron chi connectivity index (χ4n) is 3.04. The first-order chi connectivity index (χ1) is 15.8. The molecule has 0 atom stereocenters. The normalized spacial score (nSPS) is 11.5. The smallest absolute Gasteiger partial charge is 0.335 e. The first-order valence-corrected chi connectivity index (χ1v) is 11.2. The van der Waals surface area contributed by atoms with E-state index in [1.54, 1.807) is 60.7 Å². The third kappa shape index (κ3) is 4.75. The molecular weight excluding hydrogens is 444 g/mol. The van der Waals surface area contributed by atoms with Crippen LogP contribution in [0.1, 0.15) is 5.56 Å². The van der Waals surface area contributed by atoms with E-state index in [0.717, 1.165) is 10.8 Å². The number of nitrogens with one attached hydrogen (secondary N) is 2. The van der Waals surface area contributed by atoms with E-state index in [1.165, 1.54) is 24.3 Å². The summed E-state index contributed by atoms with van der Waals surface area (Å²) in [7, 11) is -3.79. The molecule has 0 aliphatic carbocycles. The lowest BCUT2D eigenvalue weighted by Crippen LogP contribution is -2.31. The highest BCUT2D eigenvalue weighted by Crippen LogP contribution is 2.20. The fourth-order valence-corrected chi connectivity index (χ4v) is 4.10. The molecule has 0 radical (unpaired) electrons. The summed E-state index contributed by atoms with van der Waals surface area (Å²) in [6.07, 6.45) is 1.11. The zero-order chi connectivity index (χ0) is 23.4. The van der Waals surface area contributed by atoms with E-state index in [2.05, 4.69) is 14.7 Å². The molecule has 0 saturated heterocycles. The third-order valence-corrected chi connectivity index (χ3v) is 6.05. The van der Waals surface area contributed by atoms with E-state index in [-0.39, 0.29) is 10.5 Å². The predicted octanol–water partition coefficient (Wildman–Crippen LogP) is 2.78. The number of aliphatic imine (C=N–C) groups is 1. The number of nitrogens with zero attached hydrogens (tertiary/aromatic N) is 2. The van der Waals surface area contributed by atoms with Gasteiger partial charge >= 0.3 is 5.69 Å². The number of rotatable bonds is 6. The molecule has 0 saturated carbocycles. The zero-order valence-electron chi connectivity index (χ0n) is 17.0. The van der Waals surface area contributed by atoms with E-state index in [0.29, 0.717) is 17.1 Å². The highest BCUT2D eigenvalue weighted by Gasteiger charge is 2.15. The number of benzene rings is 3. The number of sulfonamides is 1. The molecule has 0 aliphatic rings. The Hall–Kier alpha value is -4.44. The van der Waals surface area contributed by atoms with Gasteiger partial charge in [0.1, 0.15) is 5.56 Å². The van der Waals surface area contributed by atoms with Gasteiger partial charge in [-0.3, -0.25) is 19.5 Å². The molecular formula is C23H18N4O5S. The van der Waals surface area contributed by atoms with Crippen LogP contribution >= 0.6 is 0 Å². The standard InChI is InChI=1S/C23H18N4O5S/c28-21-20(22(29)27(23(30)25-21)18-9-5-2-6-10-18)15-24-16-11-13-19(14-12-16)33(31,32)26-17-7-3-1-4-8-17/h1-15,26,29H,(H,25,28,30). The van der Waals surface area contributed by atoms with Gasteiger partial charge in [-0.1, -0.05) is 36.4 Å². The Bertz CT molecular complexity index is 1530. The Morgan fingerprint density at radius 1 is 0.879 bits per heavy atom. The Balaban J connectivity index is 1.61. The van der Waals surface area contributed by atoms with Crippen molar-refractivity contribution in [2.45, 2.75) is 4.90 Å². The fraction of sp³-hybridized carbons (Fsp3) is 0. The third-order valence-electron chi connectivity index (χ3n) is 4.65. The average molecular weight is 462 g/mol. The molecule has 4 rings (SSSR count). The van der Waals surface area contributed by atoms with Gasteiger partial charge in [0.25, 0.3) is 15.6 Å². The molecule has 9 nitrogen and oxygen atoms in total. The van der Waals surface area contributed by atoms with Gasteiger partial charge in [-0.15, -0.1) is 0 Å². The molecule has 166 valence electrons. The molecule has 33 heavy (non-hydrogen) atoms. The van der Waals surface area contributed by atoms with Crippen LogP contribution in [0, 0.1) is 0 Å². The van der Waals surface area contributed by atoms with Crippen molar-refractivity contribution in [2.24, 2.45) is 4.99 Å². The molecule has 1 aromatic heterocycles. The van der Waals surface area contributed by atoms with Gasteiger partial charge in [-0.25, -0.2) is 17.8 Å². The molecule has 10 heteroatoms. The molecule has 0 unspecified atom stereocenters. The van der Waals surface area contributed by atoms with Crippen molar-refractivity contribution in [3.05, 3.63) is 111 Å². The van der Waals surface area contributed by atoms with Crippen LogP contribution in [0.5, 0.6) is 5.88 Å². The summed E-state index contributed by atoms with van der Waals surface area (Å²) in [4.78, 5) is 30.7. The second-order valence-electron chi connectivity index (χ2n) is 6.89. The van der Waals surface area contributed by atoms with Crippen LogP contribution < -0.4 is 16.0 Å². The number of aromatic amines is 1. The molecule has 0 aliphatic heterocycles. The number of hydrogen-bond acceptors (Lipinski definition) is 6. The van der Waals surface area contributed by atoms with Crippen LogP contribution in [0.15, 0.2) is 104 Å². The molecule has 4 aromatic rings. The highest BCUT2D eigenvalue weighted by atomic mass is 32.2. The number of aromatic nitrogens is 2. The van der Waals surface area contributed by atoms with Crippen molar-refractivity contribution in [3.8, 4) is 11.6 Å². The topological polar surface area (TPSA) is 134 Å². The lowest BCUT2D eigenvalue weighted by atomic mass is 10.3. The molecule has 0 fully saturated rings. The van der Waals surface area contributed by atoms with E-state index < -0.39 is 27.2 Å². The minimum atomic E-state index is -3.79. The number of aromatic hydroxyl groups is 1. The van der Waals surface area contributed by atoms with Crippen LogP contribution in [-0.4, -0.2) is 29.3 Å². The zero-order valence-corrected chi connectivity index (χ0v) is 17.9. The molecule has 1 heterocycles. The SMILES string of the molecule is O=c1[nH]c(=O)n(-c2ccccc2)c(O)c1C=Nc1ccc(S(=O)(=O)Nc2ccccc2)cc1. The average Bonchev–Trinajstić information content (AvgIpc) is 2.80. The summed E-state index contributed by atoms with van der Waals surface area (Å²) in [5.41, 5.74) is -0.680. The van der Waals surface area contributed by atoms with Crippen molar-refractivity contribution in [1.29, 1.82) is 0 Å². The van der Waals surface area contributed by atoms with E-state index in [1.807, 2.05) is 0 Å². The van der Waals surface area contributed by atoms with Gasteiger partial charge in [-0.05, 0) is 48.5 Å². The van der Waals surface area contributed by atoms with Crippen LogP contribution in [0.4, 0.5) is 11.4 Å². The largest absolute Gasteiger partial charge is 0.493 e. The summed E-state index contributed by atoms with van der Waals surface area (Å²) in [5, 5.41) is 10.5. The summed E-state index contributed by atoms with van der Waals surface area (Å²) in [6.45, 7) is 0. The summed E-state index contributed by atoms with van der Waals surface area (Å²) >= 11 is 0. The summed E-state index contributed by atoms with van der Waals surface area (Å²) in [6, 6.07) is 22.4. The molecule has 3 aromatic carbocycles. The first-order valence-electron chi connectivity index (χ1n) is 9.71. The van der Waals surface area contributed by atoms with Crippen LogP contribution in [0.25, 0.3) is 5.69 Å². The maximum absolute atomic E-state index is 12.5. The Morgan fingerprint density at radius 2 is 1.48 bits per heavy atom. The number of anilines is 1. The minimum Gasteiger partial charge on any atom is -0.493 e. The second kappa shape index (κ2) is 8.97. The molecule has 0 bridgehead atoms. The Morgan fingerprint density at radius 3 is 2.12 bits per heavy atom. The molecule has 0 amide bonds. The maximum Gasteiger partial charge on any atom is 0.335 e. The number of H-pyrrole nitrogens is 1. The van der Waals surface area contributed by atoms with E-state index in [9.17, 15) is 23.1 Å². The van der Waals surface area contributed by atoms with E-state index >= 15 is 0 Å².